The molecule has 0 unspecified atom stereocenters. The van der Waals surface area contributed by atoms with E-state index in [1.165, 1.54) is 11.7 Å². The minimum absolute atomic E-state index is 0.935. The molecule has 0 atom stereocenters. The van der Waals surface area contributed by atoms with Crippen LogP contribution in [0.1, 0.15) is 25.2 Å². The average molecular weight is 182 g/mol. The molecule has 2 nitrogen and oxygen atoms in total. The maximum Gasteiger partial charge on any atom is 0.0998 e. The van der Waals surface area contributed by atoms with Crippen molar-refractivity contribution in [2.24, 2.45) is 0 Å². The molecule has 1 aromatic rings. The van der Waals surface area contributed by atoms with Gasteiger partial charge in [-0.25, -0.2) is 0 Å². The fourth-order valence-electron chi connectivity index (χ4n) is 0.549. The highest BCUT2D eigenvalue weighted by Crippen LogP contribution is 2.05. The molecule has 1 heterocycles. The van der Waals surface area contributed by atoms with Crippen molar-refractivity contribution in [2.45, 2.75) is 20.8 Å². The summed E-state index contributed by atoms with van der Waals surface area (Å²) in [5, 5.41) is 0. The van der Waals surface area contributed by atoms with E-state index in [9.17, 15) is 0 Å². The SMILES string of the molecule is C=C/C=C\c1nsnc1C.CC. The first kappa shape index (κ1) is 11.0. The Morgan fingerprint density at radius 1 is 1.33 bits per heavy atom. The molecular weight excluding hydrogens is 168 g/mol. The van der Waals surface area contributed by atoms with Gasteiger partial charge in [-0.2, -0.15) is 8.75 Å². The lowest BCUT2D eigenvalue weighted by Gasteiger charge is -1.81. The van der Waals surface area contributed by atoms with Crippen molar-refractivity contribution < 1.29 is 0 Å². The van der Waals surface area contributed by atoms with Crippen molar-refractivity contribution in [1.29, 1.82) is 0 Å². The van der Waals surface area contributed by atoms with Gasteiger partial charge in [0.15, 0.2) is 0 Å². The van der Waals surface area contributed by atoms with Gasteiger partial charge < -0.3 is 0 Å². The number of allylic oxidation sites excluding steroid dienone is 2. The predicted octanol–water partition coefficient (Wildman–Crippen LogP) is 3.07. The molecule has 0 saturated heterocycles. The number of hydrogen-bond donors (Lipinski definition) is 0. The zero-order chi connectivity index (χ0) is 9.40. The predicted molar refractivity (Wildman–Crippen MR) is 55.2 cm³/mol. The van der Waals surface area contributed by atoms with Crippen molar-refractivity contribution in [1.82, 2.24) is 8.75 Å². The summed E-state index contributed by atoms with van der Waals surface area (Å²) >= 11 is 1.23. The van der Waals surface area contributed by atoms with Gasteiger partial charge in [-0.3, -0.25) is 0 Å². The standard InChI is InChI=1S/C7H8N2S.C2H6/c1-3-4-5-7-6(2)8-10-9-7;1-2/h3-5H,1H2,2H3;1-2H3/b5-4-;. The molecule has 0 aliphatic carbocycles. The minimum Gasteiger partial charge on any atom is -0.178 e. The van der Waals surface area contributed by atoms with E-state index in [1.54, 1.807) is 6.08 Å². The fraction of sp³-hybridized carbons (Fsp3) is 0.333. The molecule has 12 heavy (non-hydrogen) atoms. The molecule has 1 rings (SSSR count). The molecule has 0 radical (unpaired) electrons. The third-order valence-electron chi connectivity index (χ3n) is 1.08. The van der Waals surface area contributed by atoms with E-state index < -0.39 is 0 Å². The number of aromatic nitrogens is 2. The van der Waals surface area contributed by atoms with E-state index in [-0.39, 0.29) is 0 Å². The van der Waals surface area contributed by atoms with Crippen LogP contribution in [0.3, 0.4) is 0 Å². The fourth-order valence-corrected chi connectivity index (χ4v) is 1.09. The lowest BCUT2D eigenvalue weighted by Crippen LogP contribution is -1.74. The van der Waals surface area contributed by atoms with E-state index in [2.05, 4.69) is 15.3 Å². The van der Waals surface area contributed by atoms with E-state index in [4.69, 9.17) is 0 Å². The van der Waals surface area contributed by atoms with Crippen LogP contribution in [-0.2, 0) is 0 Å². The van der Waals surface area contributed by atoms with Crippen LogP contribution in [0.5, 0.6) is 0 Å². The van der Waals surface area contributed by atoms with Crippen molar-refractivity contribution in [2.75, 3.05) is 0 Å². The van der Waals surface area contributed by atoms with Crippen LogP contribution in [-0.4, -0.2) is 8.75 Å². The van der Waals surface area contributed by atoms with Crippen LogP contribution in [0.25, 0.3) is 6.08 Å². The second-order valence-electron chi connectivity index (χ2n) is 1.83. The second-order valence-corrected chi connectivity index (χ2v) is 2.36. The van der Waals surface area contributed by atoms with Crippen LogP contribution in [0.4, 0.5) is 0 Å². The van der Waals surface area contributed by atoms with Crippen LogP contribution >= 0.6 is 11.7 Å². The van der Waals surface area contributed by atoms with E-state index >= 15 is 0 Å². The van der Waals surface area contributed by atoms with Crippen LogP contribution in [0.2, 0.25) is 0 Å². The smallest absolute Gasteiger partial charge is 0.0998 e. The Bertz CT molecular complexity index is 251. The zero-order valence-corrected chi connectivity index (χ0v) is 8.56. The Balaban J connectivity index is 0.000000561. The number of aryl methyl sites for hydroxylation is 1. The Labute approximate surface area is 78.0 Å². The Morgan fingerprint density at radius 2 is 2.00 bits per heavy atom. The van der Waals surface area contributed by atoms with Gasteiger partial charge in [0.1, 0.15) is 0 Å². The Morgan fingerprint density at radius 3 is 2.42 bits per heavy atom. The summed E-state index contributed by atoms with van der Waals surface area (Å²) < 4.78 is 8.06. The average Bonchev–Trinajstić information content (AvgIpc) is 2.51. The van der Waals surface area contributed by atoms with Crippen LogP contribution in [0, 0.1) is 6.92 Å². The number of hydrogen-bond acceptors (Lipinski definition) is 3. The summed E-state index contributed by atoms with van der Waals surface area (Å²) in [6.07, 6.45) is 5.47. The molecule has 0 N–H and O–H groups in total. The molecule has 0 saturated carbocycles. The number of rotatable bonds is 2. The normalized spacial score (nSPS) is 9.25. The van der Waals surface area contributed by atoms with Gasteiger partial charge in [0.25, 0.3) is 0 Å². The molecule has 0 aliphatic heterocycles. The van der Waals surface area contributed by atoms with E-state index in [0.29, 0.717) is 0 Å². The highest BCUT2D eigenvalue weighted by atomic mass is 32.1. The van der Waals surface area contributed by atoms with E-state index in [0.717, 1.165) is 11.4 Å². The highest BCUT2D eigenvalue weighted by Gasteiger charge is 1.95. The van der Waals surface area contributed by atoms with Crippen molar-refractivity contribution in [3.63, 3.8) is 0 Å². The molecule has 1 aromatic heterocycles. The van der Waals surface area contributed by atoms with Gasteiger partial charge in [0.05, 0.1) is 23.1 Å². The van der Waals surface area contributed by atoms with Gasteiger partial charge in [0.2, 0.25) is 0 Å². The molecule has 0 spiro atoms. The first-order valence-electron chi connectivity index (χ1n) is 3.93. The molecular formula is C9H14N2S. The molecule has 66 valence electrons. The van der Waals surface area contributed by atoms with Gasteiger partial charge in [0, 0.05) is 0 Å². The van der Waals surface area contributed by atoms with Crippen molar-refractivity contribution in [3.8, 4) is 0 Å². The lowest BCUT2D eigenvalue weighted by atomic mass is 10.3. The highest BCUT2D eigenvalue weighted by molar-refractivity contribution is 6.99. The topological polar surface area (TPSA) is 25.8 Å². The zero-order valence-electron chi connectivity index (χ0n) is 7.74. The first-order valence-corrected chi connectivity index (χ1v) is 4.66. The monoisotopic (exact) mass is 182 g/mol. The molecule has 0 aromatic carbocycles. The summed E-state index contributed by atoms with van der Waals surface area (Å²) in [5.74, 6) is 0. The van der Waals surface area contributed by atoms with Crippen molar-refractivity contribution in [3.05, 3.63) is 30.1 Å². The van der Waals surface area contributed by atoms with Gasteiger partial charge >= 0.3 is 0 Å². The maximum atomic E-state index is 4.05. The first-order chi connectivity index (χ1) is 5.84. The van der Waals surface area contributed by atoms with Crippen LogP contribution < -0.4 is 0 Å². The summed E-state index contributed by atoms with van der Waals surface area (Å²) in [5.41, 5.74) is 1.91. The van der Waals surface area contributed by atoms with Crippen LogP contribution in [0.15, 0.2) is 18.7 Å². The molecule has 3 heteroatoms. The number of nitrogens with zero attached hydrogens (tertiary/aromatic N) is 2. The molecule has 0 amide bonds. The summed E-state index contributed by atoms with van der Waals surface area (Å²) in [7, 11) is 0. The van der Waals surface area contributed by atoms with E-state index in [1.807, 2.05) is 32.9 Å². The maximum absolute atomic E-state index is 4.05. The van der Waals surface area contributed by atoms with Gasteiger partial charge in [-0.15, -0.1) is 0 Å². The quantitative estimate of drug-likeness (QED) is 0.657. The molecule has 0 bridgehead atoms. The third kappa shape index (κ3) is 3.44. The third-order valence-corrected chi connectivity index (χ3v) is 1.71. The lowest BCUT2D eigenvalue weighted by molar-refractivity contribution is 1.30. The second kappa shape index (κ2) is 6.73. The minimum atomic E-state index is 0.935. The van der Waals surface area contributed by atoms with Gasteiger partial charge in [-0.1, -0.05) is 32.6 Å². The molecule has 0 aliphatic rings. The molecule has 0 fully saturated rings. The Kier molecular flexibility index (Phi) is 6.19. The summed E-state index contributed by atoms with van der Waals surface area (Å²) in [4.78, 5) is 0. The Hall–Kier alpha value is -0.960. The summed E-state index contributed by atoms with van der Waals surface area (Å²) in [6, 6.07) is 0. The van der Waals surface area contributed by atoms with Gasteiger partial charge in [-0.05, 0) is 13.0 Å². The van der Waals surface area contributed by atoms with Crippen molar-refractivity contribution >= 4 is 17.8 Å². The summed E-state index contributed by atoms with van der Waals surface area (Å²) in [6.45, 7) is 9.49. The largest absolute Gasteiger partial charge is 0.178 e.